The fourth-order valence-electron chi connectivity index (χ4n) is 1.71. The zero-order valence-corrected chi connectivity index (χ0v) is 11.1. The maximum absolute atomic E-state index is 12.0. The third kappa shape index (κ3) is 3.48. The van der Waals surface area contributed by atoms with Crippen molar-refractivity contribution >= 4 is 17.5 Å². The van der Waals surface area contributed by atoms with Crippen molar-refractivity contribution in [3.8, 4) is 5.75 Å². The first kappa shape index (κ1) is 13.4. The Morgan fingerprint density at radius 1 is 1.58 bits per heavy atom. The molecule has 19 heavy (non-hydrogen) atoms. The second-order valence-corrected chi connectivity index (χ2v) is 4.71. The Balaban J connectivity index is 1.98. The molecular formula is C13H14ClN3O2. The molecule has 0 saturated heterocycles. The quantitative estimate of drug-likeness (QED) is 0.900. The van der Waals surface area contributed by atoms with Crippen molar-refractivity contribution in [2.45, 2.75) is 19.5 Å². The first-order chi connectivity index (χ1) is 9.06. The minimum absolute atomic E-state index is 0.0373. The van der Waals surface area contributed by atoms with Gasteiger partial charge in [0.1, 0.15) is 5.75 Å². The minimum atomic E-state index is -0.227. The Hall–Kier alpha value is -2.01. The number of halogens is 1. The third-order valence-corrected chi connectivity index (χ3v) is 2.93. The van der Waals surface area contributed by atoms with Crippen molar-refractivity contribution in [3.05, 3.63) is 47.5 Å². The summed E-state index contributed by atoms with van der Waals surface area (Å²) in [6, 6.07) is 4.32. The predicted molar refractivity (Wildman–Crippen MR) is 72.3 cm³/mol. The van der Waals surface area contributed by atoms with Crippen molar-refractivity contribution in [3.63, 3.8) is 0 Å². The second-order valence-electron chi connectivity index (χ2n) is 4.30. The largest absolute Gasteiger partial charge is 0.506 e. The molecule has 1 aromatic carbocycles. The highest BCUT2D eigenvalue weighted by atomic mass is 35.5. The fourth-order valence-corrected chi connectivity index (χ4v) is 1.89. The number of carbonyl (C=O) groups excluding carboxylic acids is 1. The lowest BCUT2D eigenvalue weighted by molar-refractivity contribution is 0.0936. The molecule has 0 bridgehead atoms. The summed E-state index contributed by atoms with van der Waals surface area (Å²) in [6.45, 7) is 2.54. The predicted octanol–water partition coefficient (Wildman–Crippen LogP) is 2.06. The number of phenols is 1. The Kier molecular flexibility index (Phi) is 4.06. The summed E-state index contributed by atoms with van der Waals surface area (Å²) in [7, 11) is 0. The van der Waals surface area contributed by atoms with Gasteiger partial charge in [-0.2, -0.15) is 0 Å². The summed E-state index contributed by atoms with van der Waals surface area (Å²) < 4.78 is 1.88. The number of hydrogen-bond acceptors (Lipinski definition) is 3. The van der Waals surface area contributed by atoms with Gasteiger partial charge in [0, 0.05) is 30.5 Å². The molecular weight excluding hydrogens is 266 g/mol. The smallest absolute Gasteiger partial charge is 0.251 e. The van der Waals surface area contributed by atoms with E-state index in [9.17, 15) is 9.90 Å². The average molecular weight is 280 g/mol. The Bertz CT molecular complexity index is 569. The number of aromatic hydroxyl groups is 1. The number of carbonyl (C=O) groups is 1. The van der Waals surface area contributed by atoms with E-state index < -0.39 is 0 Å². The third-order valence-electron chi connectivity index (χ3n) is 2.63. The number of nitrogens with zero attached hydrogens (tertiary/aromatic N) is 2. The number of hydrogen-bond donors (Lipinski definition) is 2. The summed E-state index contributed by atoms with van der Waals surface area (Å²) >= 11 is 5.77. The van der Waals surface area contributed by atoms with Crippen LogP contribution in [0.4, 0.5) is 0 Å². The lowest BCUT2D eigenvalue weighted by atomic mass is 10.2. The molecule has 0 aliphatic carbocycles. The first-order valence-corrected chi connectivity index (χ1v) is 6.19. The van der Waals surface area contributed by atoms with E-state index in [1.165, 1.54) is 18.2 Å². The van der Waals surface area contributed by atoms with E-state index in [0.29, 0.717) is 12.1 Å². The number of benzene rings is 1. The van der Waals surface area contributed by atoms with Crippen LogP contribution >= 0.6 is 11.6 Å². The number of imidazole rings is 1. The second kappa shape index (κ2) is 5.75. The number of rotatable bonds is 4. The van der Waals surface area contributed by atoms with Gasteiger partial charge in [-0.05, 0) is 25.1 Å². The highest BCUT2D eigenvalue weighted by Gasteiger charge is 2.11. The number of phenolic OH excluding ortho intramolecular Hbond substituents is 1. The van der Waals surface area contributed by atoms with Crippen LogP contribution in [0.15, 0.2) is 36.9 Å². The molecule has 1 unspecified atom stereocenters. The van der Waals surface area contributed by atoms with Crippen LogP contribution in [-0.4, -0.2) is 26.6 Å². The highest BCUT2D eigenvalue weighted by Crippen LogP contribution is 2.23. The maximum atomic E-state index is 12.0. The topological polar surface area (TPSA) is 67.2 Å². The van der Waals surface area contributed by atoms with Crippen LogP contribution in [0.2, 0.25) is 5.02 Å². The molecule has 1 amide bonds. The molecule has 5 nitrogen and oxygen atoms in total. The van der Waals surface area contributed by atoms with Gasteiger partial charge < -0.3 is 15.0 Å². The normalized spacial score (nSPS) is 12.1. The molecule has 2 aromatic rings. The van der Waals surface area contributed by atoms with Gasteiger partial charge in [0.2, 0.25) is 0 Å². The Morgan fingerprint density at radius 3 is 3.00 bits per heavy atom. The molecule has 0 fully saturated rings. The Morgan fingerprint density at radius 2 is 2.37 bits per heavy atom. The van der Waals surface area contributed by atoms with Crippen LogP contribution < -0.4 is 5.32 Å². The van der Waals surface area contributed by atoms with Crippen molar-refractivity contribution < 1.29 is 9.90 Å². The van der Waals surface area contributed by atoms with E-state index in [4.69, 9.17) is 11.6 Å². The standard InChI is InChI=1S/C13H14ClN3O2/c1-9(7-17-5-4-15-8-17)16-13(19)10-2-3-12(18)11(14)6-10/h2-6,8-9,18H,7H2,1H3,(H,16,19). The lowest BCUT2D eigenvalue weighted by Crippen LogP contribution is -2.35. The van der Waals surface area contributed by atoms with Crippen molar-refractivity contribution in [2.24, 2.45) is 0 Å². The zero-order chi connectivity index (χ0) is 13.8. The molecule has 1 atom stereocenters. The monoisotopic (exact) mass is 279 g/mol. The van der Waals surface area contributed by atoms with Gasteiger partial charge in [-0.3, -0.25) is 4.79 Å². The van der Waals surface area contributed by atoms with Gasteiger partial charge in [0.25, 0.3) is 5.91 Å². The summed E-state index contributed by atoms with van der Waals surface area (Å²) in [6.07, 6.45) is 5.22. The number of nitrogens with one attached hydrogen (secondary N) is 1. The molecule has 100 valence electrons. The van der Waals surface area contributed by atoms with E-state index in [-0.39, 0.29) is 22.7 Å². The van der Waals surface area contributed by atoms with Crippen LogP contribution in [0.3, 0.4) is 0 Å². The van der Waals surface area contributed by atoms with Crippen LogP contribution in [-0.2, 0) is 6.54 Å². The Labute approximate surface area is 115 Å². The van der Waals surface area contributed by atoms with E-state index >= 15 is 0 Å². The first-order valence-electron chi connectivity index (χ1n) is 5.81. The van der Waals surface area contributed by atoms with E-state index in [1.807, 2.05) is 17.7 Å². The van der Waals surface area contributed by atoms with Gasteiger partial charge >= 0.3 is 0 Å². The fraction of sp³-hybridized carbons (Fsp3) is 0.231. The molecule has 0 radical (unpaired) electrons. The van der Waals surface area contributed by atoms with Gasteiger partial charge in [0.15, 0.2) is 0 Å². The molecule has 0 saturated carbocycles. The lowest BCUT2D eigenvalue weighted by Gasteiger charge is -2.14. The van der Waals surface area contributed by atoms with E-state index in [2.05, 4.69) is 10.3 Å². The SMILES string of the molecule is CC(Cn1ccnc1)NC(=O)c1ccc(O)c(Cl)c1. The molecule has 6 heteroatoms. The maximum Gasteiger partial charge on any atom is 0.251 e. The minimum Gasteiger partial charge on any atom is -0.506 e. The van der Waals surface area contributed by atoms with Gasteiger partial charge in [-0.25, -0.2) is 4.98 Å². The van der Waals surface area contributed by atoms with E-state index in [0.717, 1.165) is 0 Å². The van der Waals surface area contributed by atoms with Crippen LogP contribution in [0, 0.1) is 0 Å². The molecule has 1 aromatic heterocycles. The van der Waals surface area contributed by atoms with Crippen molar-refractivity contribution in [1.29, 1.82) is 0 Å². The van der Waals surface area contributed by atoms with Crippen molar-refractivity contribution in [2.75, 3.05) is 0 Å². The van der Waals surface area contributed by atoms with Crippen LogP contribution in [0.5, 0.6) is 5.75 Å². The highest BCUT2D eigenvalue weighted by molar-refractivity contribution is 6.32. The number of aromatic nitrogens is 2. The van der Waals surface area contributed by atoms with Crippen LogP contribution in [0.1, 0.15) is 17.3 Å². The molecule has 0 spiro atoms. The van der Waals surface area contributed by atoms with Crippen molar-refractivity contribution in [1.82, 2.24) is 14.9 Å². The molecule has 2 N–H and O–H groups in total. The van der Waals surface area contributed by atoms with Gasteiger partial charge in [-0.1, -0.05) is 11.6 Å². The van der Waals surface area contributed by atoms with Gasteiger partial charge in [-0.15, -0.1) is 0 Å². The summed E-state index contributed by atoms with van der Waals surface area (Å²) in [5.74, 6) is -0.265. The average Bonchev–Trinajstić information content (AvgIpc) is 2.85. The number of amides is 1. The van der Waals surface area contributed by atoms with Gasteiger partial charge in [0.05, 0.1) is 11.3 Å². The van der Waals surface area contributed by atoms with E-state index in [1.54, 1.807) is 12.5 Å². The zero-order valence-electron chi connectivity index (χ0n) is 10.4. The molecule has 0 aliphatic heterocycles. The molecule has 2 rings (SSSR count). The summed E-state index contributed by atoms with van der Waals surface area (Å²) in [4.78, 5) is 15.9. The molecule has 0 aliphatic rings. The summed E-state index contributed by atoms with van der Waals surface area (Å²) in [5, 5.41) is 12.3. The molecule has 1 heterocycles. The van der Waals surface area contributed by atoms with Crippen LogP contribution in [0.25, 0.3) is 0 Å². The summed E-state index contributed by atoms with van der Waals surface area (Å²) in [5.41, 5.74) is 0.417.